The van der Waals surface area contributed by atoms with Gasteiger partial charge in [0.25, 0.3) is 11.4 Å². The van der Waals surface area contributed by atoms with Crippen LogP contribution in [-0.2, 0) is 0 Å². The Labute approximate surface area is 101 Å². The molecule has 0 radical (unpaired) electrons. The second kappa shape index (κ2) is 4.78. The Morgan fingerprint density at radius 2 is 1.56 bits per heavy atom. The van der Waals surface area contributed by atoms with Gasteiger partial charge in [0.2, 0.25) is 0 Å². The second-order valence-corrected chi connectivity index (χ2v) is 3.90. The zero-order chi connectivity index (χ0) is 14.0. The maximum absolute atomic E-state index is 10.9. The predicted molar refractivity (Wildman–Crippen MR) is 60.8 cm³/mol. The van der Waals surface area contributed by atoms with E-state index >= 15 is 0 Å². The zero-order valence-corrected chi connectivity index (χ0v) is 9.61. The molecule has 0 aliphatic heterocycles. The van der Waals surface area contributed by atoms with Gasteiger partial charge in [0, 0.05) is 12.1 Å². The van der Waals surface area contributed by atoms with Gasteiger partial charge in [0.1, 0.15) is 5.56 Å². The number of carboxylic acid groups (broad SMARTS) is 1. The lowest BCUT2D eigenvalue weighted by Crippen LogP contribution is -2.06. The van der Waals surface area contributed by atoms with Crippen molar-refractivity contribution in [2.45, 2.75) is 19.8 Å². The number of carboxylic acids is 1. The molecule has 0 bridgehead atoms. The van der Waals surface area contributed by atoms with Crippen molar-refractivity contribution < 1.29 is 19.7 Å². The Morgan fingerprint density at radius 3 is 1.78 bits per heavy atom. The summed E-state index contributed by atoms with van der Waals surface area (Å²) in [5.74, 6) is -1.91. The fourth-order valence-electron chi connectivity index (χ4n) is 1.64. The molecule has 0 atom stereocenters. The molecule has 0 spiro atoms. The van der Waals surface area contributed by atoms with Crippen LogP contribution in [0.25, 0.3) is 0 Å². The molecular weight excluding hydrogens is 244 g/mol. The van der Waals surface area contributed by atoms with Crippen LogP contribution in [0.5, 0.6) is 0 Å². The lowest BCUT2D eigenvalue weighted by molar-refractivity contribution is -0.395. The Balaban J connectivity index is 3.71. The van der Waals surface area contributed by atoms with Gasteiger partial charge in [0.05, 0.1) is 15.4 Å². The van der Waals surface area contributed by atoms with Crippen LogP contribution in [0.3, 0.4) is 0 Å². The standard InChI is InChI=1S/C10H10N2O6/c1-5(2)9-7(11(15)16)3-6(10(13)14)4-8(9)12(17)18/h3-5H,1-2H3,(H,13,14). The van der Waals surface area contributed by atoms with Crippen LogP contribution in [0.2, 0.25) is 0 Å². The van der Waals surface area contributed by atoms with E-state index in [9.17, 15) is 25.0 Å². The van der Waals surface area contributed by atoms with E-state index in [-0.39, 0.29) is 5.56 Å². The number of benzene rings is 1. The van der Waals surface area contributed by atoms with Crippen LogP contribution in [0.15, 0.2) is 12.1 Å². The van der Waals surface area contributed by atoms with Gasteiger partial charge < -0.3 is 5.11 Å². The average Bonchev–Trinajstić information content (AvgIpc) is 2.26. The maximum Gasteiger partial charge on any atom is 0.336 e. The molecule has 0 aromatic heterocycles. The highest BCUT2D eigenvalue weighted by molar-refractivity contribution is 5.90. The van der Waals surface area contributed by atoms with E-state index in [2.05, 4.69) is 0 Å². The molecule has 1 N–H and O–H groups in total. The van der Waals surface area contributed by atoms with Gasteiger partial charge in [-0.05, 0) is 5.92 Å². The van der Waals surface area contributed by atoms with Gasteiger partial charge in [-0.2, -0.15) is 0 Å². The van der Waals surface area contributed by atoms with E-state index in [0.717, 1.165) is 12.1 Å². The minimum atomic E-state index is -1.45. The summed E-state index contributed by atoms with van der Waals surface area (Å²) in [6.07, 6.45) is 0. The fraction of sp³-hybridized carbons (Fsp3) is 0.300. The summed E-state index contributed by atoms with van der Waals surface area (Å²) in [6, 6.07) is 1.68. The number of nitrogens with zero attached hydrogens (tertiary/aromatic N) is 2. The zero-order valence-electron chi connectivity index (χ0n) is 9.61. The fourth-order valence-corrected chi connectivity index (χ4v) is 1.64. The molecule has 0 unspecified atom stereocenters. The van der Waals surface area contributed by atoms with Crippen molar-refractivity contribution in [1.29, 1.82) is 0 Å². The maximum atomic E-state index is 10.9. The van der Waals surface area contributed by atoms with Gasteiger partial charge in [-0.3, -0.25) is 20.2 Å². The van der Waals surface area contributed by atoms with Crippen LogP contribution in [-0.4, -0.2) is 20.9 Å². The first-order valence-corrected chi connectivity index (χ1v) is 4.95. The Morgan fingerprint density at radius 1 is 1.17 bits per heavy atom. The largest absolute Gasteiger partial charge is 0.478 e. The van der Waals surface area contributed by atoms with E-state index in [0.29, 0.717) is 0 Å². The van der Waals surface area contributed by atoms with Crippen LogP contribution >= 0.6 is 0 Å². The first-order chi connectivity index (χ1) is 8.25. The van der Waals surface area contributed by atoms with E-state index < -0.39 is 38.7 Å². The number of hydrogen-bond acceptors (Lipinski definition) is 5. The third kappa shape index (κ3) is 2.42. The van der Waals surface area contributed by atoms with Gasteiger partial charge in [-0.25, -0.2) is 4.79 Å². The average molecular weight is 254 g/mol. The molecule has 1 aromatic carbocycles. The van der Waals surface area contributed by atoms with Gasteiger partial charge >= 0.3 is 5.97 Å². The quantitative estimate of drug-likeness (QED) is 0.649. The van der Waals surface area contributed by atoms with Crippen molar-refractivity contribution >= 4 is 17.3 Å². The SMILES string of the molecule is CC(C)c1c([N+](=O)[O-])cc(C(=O)O)cc1[N+](=O)[O-]. The lowest BCUT2D eigenvalue weighted by atomic mass is 9.97. The molecule has 96 valence electrons. The Bertz CT molecular complexity index is 502. The number of nitro groups is 2. The minimum absolute atomic E-state index is 0.0741. The summed E-state index contributed by atoms with van der Waals surface area (Å²) >= 11 is 0. The van der Waals surface area contributed by atoms with Crippen molar-refractivity contribution in [3.63, 3.8) is 0 Å². The molecular formula is C10H10N2O6. The summed E-state index contributed by atoms with van der Waals surface area (Å²) in [6.45, 7) is 3.13. The molecule has 18 heavy (non-hydrogen) atoms. The van der Waals surface area contributed by atoms with Gasteiger partial charge in [-0.15, -0.1) is 0 Å². The first kappa shape index (κ1) is 13.6. The second-order valence-electron chi connectivity index (χ2n) is 3.90. The third-order valence-corrected chi connectivity index (χ3v) is 2.35. The molecule has 0 fully saturated rings. The number of carbonyl (C=O) groups is 1. The van der Waals surface area contributed by atoms with Crippen molar-refractivity contribution in [2.75, 3.05) is 0 Å². The van der Waals surface area contributed by atoms with E-state index in [4.69, 9.17) is 5.11 Å². The number of rotatable bonds is 4. The molecule has 1 aromatic rings. The summed E-state index contributed by atoms with van der Waals surface area (Å²) in [5.41, 5.74) is -1.64. The van der Waals surface area contributed by atoms with Crippen molar-refractivity contribution in [1.82, 2.24) is 0 Å². The molecule has 0 aliphatic carbocycles. The summed E-state index contributed by atoms with van der Waals surface area (Å²) in [5, 5.41) is 30.5. The smallest absolute Gasteiger partial charge is 0.336 e. The van der Waals surface area contributed by atoms with Crippen LogP contribution in [0.4, 0.5) is 11.4 Å². The van der Waals surface area contributed by atoms with Gasteiger partial charge in [-0.1, -0.05) is 13.8 Å². The first-order valence-electron chi connectivity index (χ1n) is 4.95. The molecule has 0 amide bonds. The molecule has 0 saturated carbocycles. The number of nitro benzene ring substituents is 2. The number of aromatic carboxylic acids is 1. The molecule has 1 rings (SSSR count). The van der Waals surface area contributed by atoms with Crippen LogP contribution in [0.1, 0.15) is 35.7 Å². The van der Waals surface area contributed by atoms with Gasteiger partial charge in [0.15, 0.2) is 0 Å². The highest BCUT2D eigenvalue weighted by Gasteiger charge is 2.29. The van der Waals surface area contributed by atoms with Crippen molar-refractivity contribution in [2.24, 2.45) is 0 Å². The van der Waals surface area contributed by atoms with E-state index in [1.165, 1.54) is 0 Å². The van der Waals surface area contributed by atoms with E-state index in [1.807, 2.05) is 0 Å². The molecule has 8 nitrogen and oxygen atoms in total. The lowest BCUT2D eigenvalue weighted by Gasteiger charge is -2.08. The highest BCUT2D eigenvalue weighted by Crippen LogP contribution is 2.35. The minimum Gasteiger partial charge on any atom is -0.478 e. The molecule has 0 saturated heterocycles. The van der Waals surface area contributed by atoms with Crippen LogP contribution < -0.4 is 0 Å². The normalized spacial score (nSPS) is 10.4. The van der Waals surface area contributed by atoms with Crippen LogP contribution in [0, 0.1) is 20.2 Å². The summed E-state index contributed by atoms with van der Waals surface area (Å²) in [4.78, 5) is 30.9. The van der Waals surface area contributed by atoms with Crippen molar-refractivity contribution in [3.05, 3.63) is 43.5 Å². The molecule has 0 heterocycles. The summed E-state index contributed by atoms with van der Waals surface area (Å²) < 4.78 is 0. The Kier molecular flexibility index (Phi) is 3.60. The third-order valence-electron chi connectivity index (χ3n) is 2.35. The highest BCUT2D eigenvalue weighted by atomic mass is 16.6. The van der Waals surface area contributed by atoms with E-state index in [1.54, 1.807) is 13.8 Å². The Hall–Kier alpha value is -2.51. The predicted octanol–water partition coefficient (Wildman–Crippen LogP) is 2.32. The monoisotopic (exact) mass is 254 g/mol. The molecule has 0 aliphatic rings. The number of hydrogen-bond donors (Lipinski definition) is 1. The van der Waals surface area contributed by atoms with Crippen molar-refractivity contribution in [3.8, 4) is 0 Å². The molecule has 8 heteroatoms. The topological polar surface area (TPSA) is 124 Å². The summed E-state index contributed by atoms with van der Waals surface area (Å²) in [7, 11) is 0.